The highest BCUT2D eigenvalue weighted by molar-refractivity contribution is 9.10. The molecule has 62 valence electrons. The summed E-state index contributed by atoms with van der Waals surface area (Å²) in [5.41, 5.74) is 1.42. The van der Waals surface area contributed by atoms with Crippen molar-refractivity contribution in [3.05, 3.63) is 27.1 Å². The van der Waals surface area contributed by atoms with Crippen molar-refractivity contribution in [2.24, 2.45) is 0 Å². The number of benzene rings is 1. The molecule has 0 atom stereocenters. The first-order chi connectivity index (χ1) is 5.69. The van der Waals surface area contributed by atoms with E-state index in [1.54, 1.807) is 19.2 Å². The monoisotopic (exact) mass is 227 g/mol. The first-order valence-electron chi connectivity index (χ1n) is 3.38. The Kier molecular flexibility index (Phi) is 2.66. The normalized spacial score (nSPS) is 9.17. The van der Waals surface area contributed by atoms with Gasteiger partial charge in [0.2, 0.25) is 5.39 Å². The number of hydrogen-bond donors (Lipinski definition) is 0. The Balaban J connectivity index is 3.28. The smallest absolute Gasteiger partial charge is 0.389 e. The summed E-state index contributed by atoms with van der Waals surface area (Å²) in [7, 11) is 1.59. The quantitative estimate of drug-likeness (QED) is 0.691. The molecule has 0 spiro atoms. The second-order valence-electron chi connectivity index (χ2n) is 2.37. The lowest BCUT2D eigenvalue weighted by Gasteiger charge is -2.00. The number of rotatable bonds is 1. The maximum Gasteiger partial charge on any atom is 0.389 e. The summed E-state index contributed by atoms with van der Waals surface area (Å²) in [6, 6.07) is 3.51. The lowest BCUT2D eigenvalue weighted by Crippen LogP contribution is -1.85. The molecule has 1 aromatic rings. The SMILES string of the molecule is COc1cc(C)c([N+]#N)cc1Br. The van der Waals surface area contributed by atoms with Crippen LogP contribution >= 0.6 is 15.9 Å². The van der Waals surface area contributed by atoms with Crippen LogP contribution < -0.4 is 4.74 Å². The van der Waals surface area contributed by atoms with Gasteiger partial charge in [-0.05, 0) is 28.9 Å². The van der Waals surface area contributed by atoms with Crippen LogP contribution in [0.5, 0.6) is 5.75 Å². The van der Waals surface area contributed by atoms with Crippen LogP contribution in [0.3, 0.4) is 0 Å². The third-order valence-corrected chi connectivity index (χ3v) is 2.20. The maximum absolute atomic E-state index is 8.57. The van der Waals surface area contributed by atoms with Crippen LogP contribution in [0.4, 0.5) is 5.69 Å². The largest absolute Gasteiger partial charge is 0.496 e. The highest BCUT2D eigenvalue weighted by Crippen LogP contribution is 2.32. The van der Waals surface area contributed by atoms with Crippen LogP contribution in [0.1, 0.15) is 5.56 Å². The van der Waals surface area contributed by atoms with Crippen molar-refractivity contribution in [1.82, 2.24) is 0 Å². The molecule has 0 unspecified atom stereocenters. The van der Waals surface area contributed by atoms with Crippen LogP contribution in [0, 0.1) is 12.3 Å². The van der Waals surface area contributed by atoms with E-state index in [0.717, 1.165) is 15.8 Å². The van der Waals surface area contributed by atoms with E-state index >= 15 is 0 Å². The molecule has 12 heavy (non-hydrogen) atoms. The fourth-order valence-electron chi connectivity index (χ4n) is 0.909. The number of methoxy groups -OCH3 is 1. The molecule has 0 aromatic heterocycles. The molecule has 0 fully saturated rings. The minimum atomic E-state index is 0.544. The molecule has 3 nitrogen and oxygen atoms in total. The summed E-state index contributed by atoms with van der Waals surface area (Å²) in [5.74, 6) is 0.736. The van der Waals surface area contributed by atoms with Crippen molar-refractivity contribution in [3.8, 4) is 5.75 Å². The maximum atomic E-state index is 8.57. The van der Waals surface area contributed by atoms with Crippen molar-refractivity contribution >= 4 is 21.6 Å². The summed E-state index contributed by atoms with van der Waals surface area (Å²) in [4.78, 5) is 3.12. The van der Waals surface area contributed by atoms with Crippen LogP contribution in [-0.2, 0) is 0 Å². The zero-order chi connectivity index (χ0) is 9.14. The van der Waals surface area contributed by atoms with Crippen molar-refractivity contribution in [2.75, 3.05) is 7.11 Å². The summed E-state index contributed by atoms with van der Waals surface area (Å²) >= 11 is 3.29. The van der Waals surface area contributed by atoms with Gasteiger partial charge < -0.3 is 4.74 Å². The molecular formula is C8H8BrN2O+. The number of nitrogens with zero attached hydrogens (tertiary/aromatic N) is 2. The van der Waals surface area contributed by atoms with E-state index in [1.165, 1.54) is 0 Å². The average Bonchev–Trinajstić information content (AvgIpc) is 2.08. The van der Waals surface area contributed by atoms with Gasteiger partial charge in [-0.3, -0.25) is 0 Å². The van der Waals surface area contributed by atoms with E-state index in [9.17, 15) is 0 Å². The van der Waals surface area contributed by atoms with Gasteiger partial charge in [0.05, 0.1) is 17.6 Å². The second kappa shape index (κ2) is 3.55. The van der Waals surface area contributed by atoms with E-state index in [-0.39, 0.29) is 0 Å². The summed E-state index contributed by atoms with van der Waals surface area (Å²) in [5, 5.41) is 8.57. The Morgan fingerprint density at radius 2 is 2.17 bits per heavy atom. The zero-order valence-corrected chi connectivity index (χ0v) is 8.42. The van der Waals surface area contributed by atoms with Gasteiger partial charge in [0, 0.05) is 5.56 Å². The van der Waals surface area contributed by atoms with E-state index in [2.05, 4.69) is 20.9 Å². The highest BCUT2D eigenvalue weighted by atomic mass is 79.9. The van der Waals surface area contributed by atoms with Gasteiger partial charge in [0.25, 0.3) is 0 Å². The number of hydrogen-bond acceptors (Lipinski definition) is 2. The van der Waals surface area contributed by atoms with Crippen LogP contribution in [-0.4, -0.2) is 7.11 Å². The fourth-order valence-corrected chi connectivity index (χ4v) is 1.40. The van der Waals surface area contributed by atoms with Gasteiger partial charge in [-0.1, -0.05) is 0 Å². The molecule has 0 radical (unpaired) electrons. The minimum absolute atomic E-state index is 0.544. The Labute approximate surface area is 79.1 Å². The molecule has 4 heteroatoms. The molecule has 0 aliphatic heterocycles. The zero-order valence-electron chi connectivity index (χ0n) is 6.84. The van der Waals surface area contributed by atoms with Crippen LogP contribution in [0.15, 0.2) is 16.6 Å². The molecule has 1 aromatic carbocycles. The van der Waals surface area contributed by atoms with E-state index in [0.29, 0.717) is 5.69 Å². The summed E-state index contributed by atoms with van der Waals surface area (Å²) in [6.07, 6.45) is 0. The molecule has 0 heterocycles. The molecule has 1 rings (SSSR count). The van der Waals surface area contributed by atoms with E-state index < -0.39 is 0 Å². The molecule has 0 amide bonds. The van der Waals surface area contributed by atoms with Gasteiger partial charge in [-0.25, -0.2) is 0 Å². The summed E-state index contributed by atoms with van der Waals surface area (Å²) < 4.78 is 5.84. The molecule has 0 saturated heterocycles. The Morgan fingerprint density at radius 1 is 1.50 bits per heavy atom. The average molecular weight is 228 g/mol. The lowest BCUT2D eigenvalue weighted by atomic mass is 10.2. The first-order valence-corrected chi connectivity index (χ1v) is 4.17. The van der Waals surface area contributed by atoms with Crippen LogP contribution in [0.25, 0.3) is 4.98 Å². The van der Waals surface area contributed by atoms with Gasteiger partial charge in [-0.15, -0.1) is 0 Å². The Bertz CT molecular complexity index is 343. The predicted octanol–water partition coefficient (Wildman–Crippen LogP) is 3.25. The van der Waals surface area contributed by atoms with Gasteiger partial charge in [-0.2, -0.15) is 0 Å². The molecule has 0 saturated carbocycles. The van der Waals surface area contributed by atoms with Gasteiger partial charge >= 0.3 is 5.69 Å². The Hall–Kier alpha value is -1.08. The number of aryl methyl sites for hydroxylation is 1. The Morgan fingerprint density at radius 3 is 2.67 bits per heavy atom. The highest BCUT2D eigenvalue weighted by Gasteiger charge is 2.13. The van der Waals surface area contributed by atoms with Crippen molar-refractivity contribution < 1.29 is 4.74 Å². The first kappa shape index (κ1) is 9.01. The van der Waals surface area contributed by atoms with Crippen molar-refractivity contribution in [2.45, 2.75) is 6.92 Å². The molecular weight excluding hydrogens is 220 g/mol. The third kappa shape index (κ3) is 1.56. The van der Waals surface area contributed by atoms with Crippen molar-refractivity contribution in [1.29, 1.82) is 5.39 Å². The van der Waals surface area contributed by atoms with E-state index in [1.807, 2.05) is 6.92 Å². The number of ether oxygens (including phenoxy) is 1. The lowest BCUT2D eigenvalue weighted by molar-refractivity contribution is 0.412. The van der Waals surface area contributed by atoms with Gasteiger partial charge in [0.15, 0.2) is 4.98 Å². The molecule has 0 aliphatic carbocycles. The topological polar surface area (TPSA) is 37.4 Å². The molecule has 0 bridgehead atoms. The van der Waals surface area contributed by atoms with Crippen LogP contribution in [0.2, 0.25) is 0 Å². The fraction of sp³-hybridized carbons (Fsp3) is 0.250. The third-order valence-electron chi connectivity index (χ3n) is 1.58. The number of diazo groups is 1. The van der Waals surface area contributed by atoms with Gasteiger partial charge in [0.1, 0.15) is 5.75 Å². The molecule has 0 N–H and O–H groups in total. The molecule has 0 aliphatic rings. The minimum Gasteiger partial charge on any atom is -0.496 e. The van der Waals surface area contributed by atoms with E-state index in [4.69, 9.17) is 10.1 Å². The summed E-state index contributed by atoms with van der Waals surface area (Å²) in [6.45, 7) is 1.85. The number of halogens is 1. The second-order valence-corrected chi connectivity index (χ2v) is 3.23. The standard InChI is InChI=1S/C8H8BrN2O/c1-5-3-8(12-2)6(9)4-7(5)11-10/h3-4H,1-2H3/q+1. The predicted molar refractivity (Wildman–Crippen MR) is 50.2 cm³/mol. The van der Waals surface area contributed by atoms with Crippen molar-refractivity contribution in [3.63, 3.8) is 0 Å².